The van der Waals surface area contributed by atoms with Crippen molar-refractivity contribution in [2.24, 2.45) is 0 Å². The summed E-state index contributed by atoms with van der Waals surface area (Å²) in [5, 5.41) is 0. The topological polar surface area (TPSA) is 26.3 Å². The number of carbonyl (C=O) groups excluding carboxylic acids is 1. The van der Waals surface area contributed by atoms with Crippen molar-refractivity contribution in [1.82, 2.24) is 0 Å². The summed E-state index contributed by atoms with van der Waals surface area (Å²) in [5.74, 6) is 5.84. The summed E-state index contributed by atoms with van der Waals surface area (Å²) in [6, 6.07) is 0. The van der Waals surface area contributed by atoms with Crippen LogP contribution in [0.2, 0.25) is 0 Å². The fourth-order valence-corrected chi connectivity index (χ4v) is 0.794. The molecule has 0 aromatic carbocycles. The van der Waals surface area contributed by atoms with Gasteiger partial charge in [-0.1, -0.05) is 19.8 Å². The van der Waals surface area contributed by atoms with Gasteiger partial charge in [-0.05, 0) is 12.8 Å². The molecule has 0 spiro atoms. The lowest BCUT2D eigenvalue weighted by Crippen LogP contribution is -2.04. The first-order valence-electron chi connectivity index (χ1n) is 4.92. The zero-order valence-electron chi connectivity index (χ0n) is 8.56. The van der Waals surface area contributed by atoms with Crippen LogP contribution in [0.5, 0.6) is 0 Å². The molecule has 2 nitrogen and oxygen atoms in total. The first-order chi connectivity index (χ1) is 6.31. The molecular weight excluding hydrogens is 164 g/mol. The van der Waals surface area contributed by atoms with Crippen molar-refractivity contribution >= 4 is 5.97 Å². The van der Waals surface area contributed by atoms with Gasteiger partial charge in [0.05, 0.1) is 0 Å². The van der Waals surface area contributed by atoms with Gasteiger partial charge in [-0.3, -0.25) is 4.79 Å². The van der Waals surface area contributed by atoms with Gasteiger partial charge in [-0.25, -0.2) is 0 Å². The quantitative estimate of drug-likeness (QED) is 0.371. The Morgan fingerprint density at radius 2 is 1.85 bits per heavy atom. The first kappa shape index (κ1) is 12.0. The predicted octanol–water partition coefficient (Wildman–Crippen LogP) is 2.52. The first-order valence-corrected chi connectivity index (χ1v) is 4.92. The average Bonchev–Trinajstić information content (AvgIpc) is 2.11. The second-order valence-electron chi connectivity index (χ2n) is 2.82. The summed E-state index contributed by atoms with van der Waals surface area (Å²) >= 11 is 0. The van der Waals surface area contributed by atoms with E-state index in [0.717, 1.165) is 19.3 Å². The van der Waals surface area contributed by atoms with Crippen molar-refractivity contribution in [3.63, 3.8) is 0 Å². The molecule has 0 aliphatic rings. The normalized spacial score (nSPS) is 8.77. The molecule has 0 heterocycles. The van der Waals surface area contributed by atoms with Crippen LogP contribution >= 0.6 is 0 Å². The Kier molecular flexibility index (Phi) is 8.44. The van der Waals surface area contributed by atoms with E-state index in [1.807, 2.05) is 6.92 Å². The molecule has 0 aromatic rings. The standard InChI is InChI=1S/C11H18O2/c1-3-5-6-7-8-10-13-11(12)9-4-2/h3-5,8-10H2,1-2H3. The van der Waals surface area contributed by atoms with Crippen molar-refractivity contribution in [2.75, 3.05) is 6.61 Å². The summed E-state index contributed by atoms with van der Waals surface area (Å²) in [7, 11) is 0. The Bertz CT molecular complexity index is 186. The van der Waals surface area contributed by atoms with E-state index >= 15 is 0 Å². The van der Waals surface area contributed by atoms with Gasteiger partial charge in [0.2, 0.25) is 0 Å². The van der Waals surface area contributed by atoms with Crippen LogP contribution in [0.1, 0.15) is 46.0 Å². The van der Waals surface area contributed by atoms with Crippen LogP contribution in [0.15, 0.2) is 0 Å². The molecule has 0 amide bonds. The number of hydrogen-bond acceptors (Lipinski definition) is 2. The zero-order valence-corrected chi connectivity index (χ0v) is 8.56. The van der Waals surface area contributed by atoms with Crippen LogP contribution in [-0.2, 0) is 9.53 Å². The third-order valence-electron chi connectivity index (χ3n) is 1.44. The maximum Gasteiger partial charge on any atom is 0.305 e. The van der Waals surface area contributed by atoms with Crippen LogP contribution in [0.4, 0.5) is 0 Å². The minimum atomic E-state index is -0.111. The van der Waals surface area contributed by atoms with E-state index < -0.39 is 0 Å². The molecule has 2 heteroatoms. The van der Waals surface area contributed by atoms with E-state index in [1.54, 1.807) is 0 Å². The van der Waals surface area contributed by atoms with Gasteiger partial charge in [0.15, 0.2) is 0 Å². The molecule has 13 heavy (non-hydrogen) atoms. The molecule has 0 bridgehead atoms. The molecule has 0 aliphatic heterocycles. The SMILES string of the molecule is CCCC#CCCOC(=O)CCC. The molecule has 0 fully saturated rings. The number of carbonyl (C=O) groups is 1. The van der Waals surface area contributed by atoms with Crippen molar-refractivity contribution < 1.29 is 9.53 Å². The predicted molar refractivity (Wildman–Crippen MR) is 53.2 cm³/mol. The Hall–Kier alpha value is -0.970. The van der Waals surface area contributed by atoms with Gasteiger partial charge in [0.1, 0.15) is 6.61 Å². The minimum Gasteiger partial charge on any atom is -0.465 e. The highest BCUT2D eigenvalue weighted by molar-refractivity contribution is 5.69. The maximum absolute atomic E-state index is 10.9. The van der Waals surface area contributed by atoms with Gasteiger partial charge in [-0.2, -0.15) is 0 Å². The number of unbranched alkanes of at least 4 members (excludes halogenated alkanes) is 1. The van der Waals surface area contributed by atoms with Gasteiger partial charge in [0, 0.05) is 19.3 Å². The van der Waals surface area contributed by atoms with Crippen molar-refractivity contribution in [3.8, 4) is 11.8 Å². The van der Waals surface area contributed by atoms with E-state index in [0.29, 0.717) is 19.4 Å². The number of esters is 1. The minimum absolute atomic E-state index is 0.111. The highest BCUT2D eigenvalue weighted by Crippen LogP contribution is 1.92. The van der Waals surface area contributed by atoms with Crippen LogP contribution < -0.4 is 0 Å². The van der Waals surface area contributed by atoms with Crippen LogP contribution in [0, 0.1) is 11.8 Å². The van der Waals surface area contributed by atoms with Crippen molar-refractivity contribution in [1.29, 1.82) is 0 Å². The highest BCUT2D eigenvalue weighted by atomic mass is 16.5. The lowest BCUT2D eigenvalue weighted by molar-refractivity contribution is -0.143. The summed E-state index contributed by atoms with van der Waals surface area (Å²) in [5.41, 5.74) is 0. The molecular formula is C11H18O2. The summed E-state index contributed by atoms with van der Waals surface area (Å²) in [4.78, 5) is 10.9. The smallest absolute Gasteiger partial charge is 0.305 e. The third kappa shape index (κ3) is 8.94. The zero-order chi connectivity index (χ0) is 9.94. The molecule has 0 rings (SSSR count). The monoisotopic (exact) mass is 182 g/mol. The van der Waals surface area contributed by atoms with E-state index in [2.05, 4.69) is 18.8 Å². The molecule has 0 unspecified atom stereocenters. The molecule has 0 N–H and O–H groups in total. The summed E-state index contributed by atoms with van der Waals surface area (Å²) in [6.07, 6.45) is 4.05. The van der Waals surface area contributed by atoms with E-state index in [1.165, 1.54) is 0 Å². The van der Waals surface area contributed by atoms with E-state index in [4.69, 9.17) is 4.74 Å². The van der Waals surface area contributed by atoms with Gasteiger partial charge in [-0.15, -0.1) is 5.92 Å². The Morgan fingerprint density at radius 3 is 2.46 bits per heavy atom. The number of rotatable bonds is 5. The summed E-state index contributed by atoms with van der Waals surface area (Å²) in [6.45, 7) is 4.49. The molecule has 0 aliphatic carbocycles. The molecule has 74 valence electrons. The average molecular weight is 182 g/mol. The van der Waals surface area contributed by atoms with Crippen LogP contribution in [0.3, 0.4) is 0 Å². The highest BCUT2D eigenvalue weighted by Gasteiger charge is 1.97. The Morgan fingerprint density at radius 1 is 1.15 bits per heavy atom. The Labute approximate surface area is 80.7 Å². The molecule has 0 aromatic heterocycles. The van der Waals surface area contributed by atoms with Crippen LogP contribution in [-0.4, -0.2) is 12.6 Å². The van der Waals surface area contributed by atoms with E-state index in [-0.39, 0.29) is 5.97 Å². The number of ether oxygens (including phenoxy) is 1. The number of hydrogen-bond donors (Lipinski definition) is 0. The summed E-state index contributed by atoms with van der Waals surface area (Å²) < 4.78 is 4.92. The fourth-order valence-electron chi connectivity index (χ4n) is 0.794. The van der Waals surface area contributed by atoms with Gasteiger partial charge >= 0.3 is 5.97 Å². The lowest BCUT2D eigenvalue weighted by Gasteiger charge is -1.99. The van der Waals surface area contributed by atoms with Gasteiger partial charge in [0.25, 0.3) is 0 Å². The molecule has 0 radical (unpaired) electrons. The Balaban J connectivity index is 3.26. The lowest BCUT2D eigenvalue weighted by atomic mass is 10.3. The maximum atomic E-state index is 10.9. The molecule has 0 saturated carbocycles. The second kappa shape index (κ2) is 9.12. The molecule has 0 atom stereocenters. The van der Waals surface area contributed by atoms with Crippen molar-refractivity contribution in [2.45, 2.75) is 46.0 Å². The van der Waals surface area contributed by atoms with E-state index in [9.17, 15) is 4.79 Å². The van der Waals surface area contributed by atoms with Crippen LogP contribution in [0.25, 0.3) is 0 Å². The van der Waals surface area contributed by atoms with Crippen molar-refractivity contribution in [3.05, 3.63) is 0 Å². The largest absolute Gasteiger partial charge is 0.465 e. The second-order valence-corrected chi connectivity index (χ2v) is 2.82. The third-order valence-corrected chi connectivity index (χ3v) is 1.44. The fraction of sp³-hybridized carbons (Fsp3) is 0.727. The molecule has 0 saturated heterocycles. The van der Waals surface area contributed by atoms with Gasteiger partial charge < -0.3 is 4.74 Å².